The Kier molecular flexibility index (Phi) is 27.0. The van der Waals surface area contributed by atoms with Crippen molar-refractivity contribution in [2.75, 3.05) is 0 Å². The van der Waals surface area contributed by atoms with Crippen molar-refractivity contribution in [3.05, 3.63) is 214 Å². The monoisotopic (exact) mass is 1960 g/mol. The summed E-state index contributed by atoms with van der Waals surface area (Å²) < 4.78 is 21.6. The van der Waals surface area contributed by atoms with Crippen LogP contribution in [0.15, 0.2) is 203 Å². The molecule has 0 atom stereocenters. The van der Waals surface area contributed by atoms with Crippen molar-refractivity contribution >= 4 is 226 Å². The van der Waals surface area contributed by atoms with Crippen LogP contribution in [-0.2, 0) is 26.2 Å². The number of fused-ring (bicyclic) bond motifs is 14. The number of hydrogen-bond donors (Lipinski definition) is 0. The minimum absolute atomic E-state index is 0. The molecular formula is C101H112Br2N8S4Sn2. The number of benzene rings is 8. The molecule has 18 rings (SSSR count). The van der Waals surface area contributed by atoms with E-state index < -0.39 is 36.8 Å². The van der Waals surface area contributed by atoms with Crippen LogP contribution in [0.3, 0.4) is 0 Å². The molecule has 18 aromatic rings. The predicted molar refractivity (Wildman–Crippen MR) is 530 cm³/mol. The van der Waals surface area contributed by atoms with Gasteiger partial charge >= 0.3 is 184 Å². The van der Waals surface area contributed by atoms with E-state index in [2.05, 4.69) is 308 Å². The number of unbranched alkanes of at least 4 members (excludes halogenated alkanes) is 12. The molecule has 16 heteroatoms. The summed E-state index contributed by atoms with van der Waals surface area (Å²) in [6, 6.07) is 70.6. The van der Waals surface area contributed by atoms with Gasteiger partial charge in [-0.25, -0.2) is 19.9 Å². The first-order valence-electron chi connectivity index (χ1n) is 42.5. The second-order valence-corrected chi connectivity index (χ2v) is 70.8. The smallest absolute Gasteiger partial charge is 0.105 e. The molecule has 0 aliphatic rings. The molecule has 117 heavy (non-hydrogen) atoms. The van der Waals surface area contributed by atoms with Gasteiger partial charge in [-0.15, -0.1) is 22.7 Å². The van der Waals surface area contributed by atoms with Crippen LogP contribution in [0.2, 0.25) is 29.6 Å². The Morgan fingerprint density at radius 1 is 0.308 bits per heavy atom. The van der Waals surface area contributed by atoms with E-state index in [4.69, 9.17) is 19.9 Å². The predicted octanol–water partition coefficient (Wildman–Crippen LogP) is 32.1. The van der Waals surface area contributed by atoms with E-state index in [1.807, 2.05) is 53.0 Å². The largest absolute Gasteiger partial charge is 0.340 e. The maximum atomic E-state index is 5.62. The third-order valence-electron chi connectivity index (χ3n) is 23.2. The summed E-state index contributed by atoms with van der Waals surface area (Å²) in [5.74, 6) is 0. The standard InChI is InChI=1S/C48H48N4S2.C30H23Br2N3.C16H19NS2.CH4.6CH3.2Sn/c1-5-7-9-10-11-17-27-52-40-28-32(4)53-47(40)48-41(52)30-42(54-48)37-24-22-31(3)43-46(37)50-44(33-18-13-12-14-19-33)45(49-43)34-23-25-36-35-20-15-16-21-38(35)51(26-8-6-2)39(36)29-34;1-2-3-17-35-25-12-8-7-11-21(25)22-14-13-20(18-26(22)35)28-27(19-9-5-4-6-10-19)33-29-23(31)15-16-24(32)30(29)34-28;1-2-3-4-5-6-7-10-17-13-8-11-18-15(13)16-14(17)9-12-19-16;;;;;;;;;/h12-16,18-25,28-30H,5-11,17,26-27H2,1-4H3;4-16,18H,2-3,17H2,1H3;8-9H,2-7,10H2,1H3;1H4;6*1H3;;. The first-order valence-corrected chi connectivity index (χ1v) is 67.3. The van der Waals surface area contributed by atoms with Crippen molar-refractivity contribution in [1.29, 1.82) is 0 Å². The number of hydrogen-bond acceptors (Lipinski definition) is 8. The van der Waals surface area contributed by atoms with E-state index >= 15 is 0 Å². The van der Waals surface area contributed by atoms with Crippen LogP contribution in [-0.4, -0.2) is 75.0 Å². The molecule has 8 aromatic carbocycles. The fourth-order valence-corrected chi connectivity index (χ4v) is 32.8. The molecule has 0 N–H and O–H groups in total. The molecule has 0 saturated heterocycles. The van der Waals surface area contributed by atoms with Crippen LogP contribution in [0.1, 0.15) is 148 Å². The number of nitrogens with zero attached hydrogens (tertiary/aromatic N) is 8. The Labute approximate surface area is 733 Å². The molecule has 0 fully saturated rings. The van der Waals surface area contributed by atoms with E-state index in [1.54, 1.807) is 26.2 Å². The molecule has 0 amide bonds. The molecule has 0 radical (unpaired) electrons. The minimum atomic E-state index is -2.01. The van der Waals surface area contributed by atoms with Crippen molar-refractivity contribution in [3.8, 4) is 55.5 Å². The minimum Gasteiger partial charge on any atom is -0.340 e. The summed E-state index contributed by atoms with van der Waals surface area (Å²) in [5.41, 5.74) is 24.8. The average molecular weight is 1960 g/mol. The first kappa shape index (κ1) is 85.0. The maximum absolute atomic E-state index is 5.62. The number of rotatable bonds is 27. The number of aromatic nitrogens is 8. The number of halogens is 2. The van der Waals surface area contributed by atoms with Gasteiger partial charge in [-0.1, -0.05) is 207 Å². The quantitative estimate of drug-likeness (QED) is 0.0380. The van der Waals surface area contributed by atoms with Gasteiger partial charge in [-0.2, -0.15) is 0 Å². The van der Waals surface area contributed by atoms with Crippen LogP contribution in [0.4, 0.5) is 0 Å². The number of thiophene rings is 4. The van der Waals surface area contributed by atoms with Crippen LogP contribution in [0.5, 0.6) is 0 Å². The van der Waals surface area contributed by atoms with Gasteiger partial charge in [-0.3, -0.25) is 0 Å². The molecule has 0 unspecified atom stereocenters. The molecule has 0 aliphatic carbocycles. The van der Waals surface area contributed by atoms with Gasteiger partial charge in [0, 0.05) is 110 Å². The third kappa shape index (κ3) is 17.5. The van der Waals surface area contributed by atoms with E-state index in [0.717, 1.165) is 132 Å². The zero-order valence-corrected chi connectivity index (χ0v) is 81.7. The maximum Gasteiger partial charge on any atom is 0.105 e. The van der Waals surface area contributed by atoms with E-state index in [-0.39, 0.29) is 7.43 Å². The van der Waals surface area contributed by atoms with Gasteiger partial charge < -0.3 is 13.7 Å². The van der Waals surface area contributed by atoms with E-state index in [0.29, 0.717) is 0 Å². The zero-order valence-electron chi connectivity index (χ0n) is 69.6. The molecule has 10 aromatic heterocycles. The Morgan fingerprint density at radius 3 is 1.15 bits per heavy atom. The van der Waals surface area contributed by atoms with Crippen molar-refractivity contribution in [2.45, 2.75) is 208 Å². The van der Waals surface area contributed by atoms with Crippen molar-refractivity contribution in [1.82, 2.24) is 38.2 Å². The molecular weight excluding hydrogens is 1850 g/mol. The second kappa shape index (κ2) is 37.1. The Hall–Kier alpha value is -7.00. The zero-order chi connectivity index (χ0) is 80.5. The molecule has 0 bridgehead atoms. The van der Waals surface area contributed by atoms with Crippen LogP contribution in [0.25, 0.3) is 162 Å². The number of aryl methyl sites for hydroxylation is 6. The molecule has 8 nitrogen and oxygen atoms in total. The summed E-state index contributed by atoms with van der Waals surface area (Å²) in [6.07, 6.45) is 20.7. The third-order valence-corrected chi connectivity index (χ3v) is 48.1. The second-order valence-electron chi connectivity index (χ2n) is 33.8. The molecule has 602 valence electrons. The fraction of sp³-hybridized carbons (Fsp3) is 0.327. The summed E-state index contributed by atoms with van der Waals surface area (Å²) in [5, 5.41) is 5.17. The molecule has 0 aliphatic heterocycles. The summed E-state index contributed by atoms with van der Waals surface area (Å²) in [4.78, 5) is 39.5. The average Bonchev–Trinajstić information content (AvgIpc) is 1.57. The Bertz CT molecular complexity index is 6510. The number of para-hydroxylation sites is 2. The Balaban J connectivity index is 0.000000147. The van der Waals surface area contributed by atoms with Gasteiger partial charge in [0.15, 0.2) is 0 Å². The van der Waals surface area contributed by atoms with Gasteiger partial charge in [0.25, 0.3) is 0 Å². The fourth-order valence-electron chi connectivity index (χ4n) is 16.9. The van der Waals surface area contributed by atoms with Crippen LogP contribution in [0, 0.1) is 13.8 Å². The van der Waals surface area contributed by atoms with Gasteiger partial charge in [0.05, 0.1) is 54.2 Å². The van der Waals surface area contributed by atoms with Crippen molar-refractivity contribution in [2.24, 2.45) is 0 Å². The molecule has 10 heterocycles. The normalized spacial score (nSPS) is 12.1. The SMILES string of the molecule is C.CCCCCCCCn1c2c[c]([Sn]([CH3])([CH3])[CH3])sc2c2s[c]([Sn]([CH3])([CH3])[CH3])cc21.CCCCCCCCn1c2cc(C)sc2c2sc(-c3ccc(C)c4nc(-c5ccc6c7ccccc7n(CCCC)c6c5)c(-c5ccccc5)nc34)cc21.CCCCn1c2ccccc2c2ccc(-c3nc4c(Br)ccc(Br)c4nc3-c3ccccc3)cc21. The molecule has 0 saturated carbocycles. The van der Waals surface area contributed by atoms with Crippen LogP contribution >= 0.6 is 77.2 Å². The van der Waals surface area contributed by atoms with Gasteiger partial charge in [0.2, 0.25) is 0 Å². The first-order chi connectivity index (χ1) is 56.3. The van der Waals surface area contributed by atoms with Crippen molar-refractivity contribution in [3.63, 3.8) is 0 Å². The summed E-state index contributed by atoms with van der Waals surface area (Å²) >= 11 is 11.5. The molecule has 0 spiro atoms. The summed E-state index contributed by atoms with van der Waals surface area (Å²) in [6.45, 7) is 17.8. The Morgan fingerprint density at radius 2 is 0.675 bits per heavy atom. The topological polar surface area (TPSA) is 71.3 Å². The van der Waals surface area contributed by atoms with Gasteiger partial charge in [0.1, 0.15) is 11.0 Å². The van der Waals surface area contributed by atoms with Crippen LogP contribution < -0.4 is 5.79 Å². The van der Waals surface area contributed by atoms with E-state index in [1.165, 1.54) is 157 Å². The van der Waals surface area contributed by atoms with E-state index in [9.17, 15) is 0 Å². The summed E-state index contributed by atoms with van der Waals surface area (Å²) in [7, 11) is 0. The van der Waals surface area contributed by atoms with Gasteiger partial charge in [-0.05, 0) is 119 Å². The van der Waals surface area contributed by atoms with Crippen molar-refractivity contribution < 1.29 is 0 Å².